The van der Waals surface area contributed by atoms with Gasteiger partial charge in [-0.05, 0) is 31.2 Å². The molecule has 32 heavy (non-hydrogen) atoms. The zero-order valence-corrected chi connectivity index (χ0v) is 19.2. The molecular weight excluding hydrogens is 408 g/mol. The summed E-state index contributed by atoms with van der Waals surface area (Å²) in [7, 11) is 0. The quantitative estimate of drug-likeness (QED) is 0.185. The van der Waals surface area contributed by atoms with Gasteiger partial charge in [0, 0.05) is 16.8 Å². The molecule has 1 fully saturated rings. The molecule has 1 aromatic carbocycles. The molecule has 1 aliphatic rings. The van der Waals surface area contributed by atoms with E-state index in [2.05, 4.69) is 6.58 Å². The van der Waals surface area contributed by atoms with E-state index in [0.29, 0.717) is 12.8 Å². The van der Waals surface area contributed by atoms with Gasteiger partial charge in [-0.15, -0.1) is 6.58 Å². The van der Waals surface area contributed by atoms with E-state index in [9.17, 15) is 20.0 Å². The summed E-state index contributed by atoms with van der Waals surface area (Å²) in [5.41, 5.74) is 0.829. The van der Waals surface area contributed by atoms with Crippen LogP contribution >= 0.6 is 0 Å². The molecule has 1 aliphatic heterocycles. The molecule has 2 rings (SSSR count). The molecule has 1 aromatic rings. The van der Waals surface area contributed by atoms with Gasteiger partial charge in [-0.25, -0.2) is 4.79 Å². The summed E-state index contributed by atoms with van der Waals surface area (Å²) in [5, 5.41) is 22.9. The number of ether oxygens (including phenoxy) is 1. The number of amides is 1. The van der Waals surface area contributed by atoms with Gasteiger partial charge in [0.05, 0.1) is 6.54 Å². The molecule has 0 aromatic heterocycles. The molecule has 0 radical (unpaired) electrons. The molecule has 0 bridgehead atoms. The molecule has 178 valence electrons. The first-order chi connectivity index (χ1) is 15.5. The third-order valence-corrected chi connectivity index (χ3v) is 6.41. The number of rotatable bonds is 13. The Morgan fingerprint density at radius 1 is 1.19 bits per heavy atom. The van der Waals surface area contributed by atoms with Crippen molar-refractivity contribution in [3.8, 4) is 0 Å². The number of aliphatic hydroxyl groups excluding tert-OH is 1. The molecule has 0 unspecified atom stereocenters. The normalized spacial score (nSPS) is 23.0. The van der Waals surface area contributed by atoms with Crippen LogP contribution in [0.2, 0.25) is 0 Å². The van der Waals surface area contributed by atoms with Crippen molar-refractivity contribution in [3.63, 3.8) is 0 Å². The third-order valence-electron chi connectivity index (χ3n) is 6.41. The summed E-state index contributed by atoms with van der Waals surface area (Å²) in [4.78, 5) is 25.5. The van der Waals surface area contributed by atoms with E-state index in [1.54, 1.807) is 0 Å². The first kappa shape index (κ1) is 25.8. The number of hydrogen-bond donors (Lipinski definition) is 1. The number of nitro groups is 1. The van der Waals surface area contributed by atoms with E-state index in [4.69, 9.17) is 4.74 Å². The number of carbonyl (C=O) groups excluding carboxylic acids is 1. The second kappa shape index (κ2) is 13.9. The number of likely N-dealkylation sites (tertiary alicyclic amines) is 1. The number of unbranched alkanes of at least 4 members (excludes halogenated alkanes) is 5. The largest absolute Gasteiger partial charge is 0.444 e. The Morgan fingerprint density at radius 2 is 1.88 bits per heavy atom. The minimum atomic E-state index is -1.06. The summed E-state index contributed by atoms with van der Waals surface area (Å²) in [6.45, 7) is 5.69. The molecule has 1 amide bonds. The standard InChI is InChI=1S/C25H38N2O5/c1-3-5-6-7-8-9-13-17-22-21(14-4-2)23(27(30)31)18-26(24(22)28)25(29)32-19-20-15-11-10-12-16-20/h3,10-12,15-16,21-24,28H,1,4-9,13-14,17-19H2,2H3/t21-,22-,23-,24+/m0/s1. The lowest BCUT2D eigenvalue weighted by Crippen LogP contribution is -2.59. The summed E-state index contributed by atoms with van der Waals surface area (Å²) >= 11 is 0. The molecular formula is C25H38N2O5. The van der Waals surface area contributed by atoms with Crippen LogP contribution in [-0.2, 0) is 11.3 Å². The smallest absolute Gasteiger partial charge is 0.412 e. The van der Waals surface area contributed by atoms with Crippen molar-refractivity contribution in [3.05, 3.63) is 58.7 Å². The van der Waals surface area contributed by atoms with Gasteiger partial charge in [0.1, 0.15) is 12.8 Å². The lowest BCUT2D eigenvalue weighted by atomic mass is 9.75. The maximum absolute atomic E-state index is 12.7. The van der Waals surface area contributed by atoms with Gasteiger partial charge >= 0.3 is 6.09 Å². The van der Waals surface area contributed by atoms with Gasteiger partial charge in [-0.3, -0.25) is 15.0 Å². The minimum Gasteiger partial charge on any atom is -0.444 e. The molecule has 7 nitrogen and oxygen atoms in total. The Labute approximate surface area is 191 Å². The molecule has 0 saturated carbocycles. The van der Waals surface area contributed by atoms with Crippen LogP contribution in [0.15, 0.2) is 43.0 Å². The predicted molar refractivity (Wildman–Crippen MR) is 125 cm³/mol. The van der Waals surface area contributed by atoms with Crippen molar-refractivity contribution in [2.24, 2.45) is 11.8 Å². The number of hydrogen-bond acceptors (Lipinski definition) is 5. The molecule has 0 spiro atoms. The van der Waals surface area contributed by atoms with Crippen LogP contribution < -0.4 is 0 Å². The fraction of sp³-hybridized carbons (Fsp3) is 0.640. The molecule has 7 heteroatoms. The van der Waals surface area contributed by atoms with Crippen LogP contribution in [0.3, 0.4) is 0 Å². The summed E-state index contributed by atoms with van der Waals surface area (Å²) in [6, 6.07) is 8.37. The zero-order chi connectivity index (χ0) is 23.3. The van der Waals surface area contributed by atoms with Crippen molar-refractivity contribution >= 4 is 6.09 Å². The Hall–Kier alpha value is -2.41. The number of allylic oxidation sites excluding steroid dienone is 1. The highest BCUT2D eigenvalue weighted by Crippen LogP contribution is 2.37. The maximum Gasteiger partial charge on any atom is 0.412 e. The summed E-state index contributed by atoms with van der Waals surface area (Å²) in [6.07, 6.45) is 8.57. The van der Waals surface area contributed by atoms with Crippen molar-refractivity contribution < 1.29 is 19.6 Å². The van der Waals surface area contributed by atoms with Crippen molar-refractivity contribution in [2.75, 3.05) is 6.54 Å². The highest BCUT2D eigenvalue weighted by Gasteiger charge is 2.49. The van der Waals surface area contributed by atoms with Crippen LogP contribution in [0.25, 0.3) is 0 Å². The average molecular weight is 447 g/mol. The summed E-state index contributed by atoms with van der Waals surface area (Å²) in [5.74, 6) is -0.569. The van der Waals surface area contributed by atoms with Crippen molar-refractivity contribution in [1.29, 1.82) is 0 Å². The van der Waals surface area contributed by atoms with Gasteiger partial charge in [-0.1, -0.05) is 75.4 Å². The Balaban J connectivity index is 2.03. The van der Waals surface area contributed by atoms with E-state index in [1.807, 2.05) is 43.3 Å². The highest BCUT2D eigenvalue weighted by atomic mass is 16.6. The SMILES string of the molecule is C=CCCCCCCC[C@H]1[C@H](CCC)[C@@H]([N+](=O)[O-])CN(C(=O)OCc2ccccc2)[C@@H]1O. The van der Waals surface area contributed by atoms with Gasteiger partial charge in [0.25, 0.3) is 0 Å². The Morgan fingerprint density at radius 3 is 2.53 bits per heavy atom. The van der Waals surface area contributed by atoms with Crippen LogP contribution in [-0.4, -0.2) is 39.8 Å². The minimum absolute atomic E-state index is 0.0692. The molecule has 4 atom stereocenters. The van der Waals surface area contributed by atoms with Crippen LogP contribution in [0.1, 0.15) is 70.3 Å². The van der Waals surface area contributed by atoms with E-state index < -0.39 is 18.4 Å². The number of benzene rings is 1. The zero-order valence-electron chi connectivity index (χ0n) is 19.2. The van der Waals surface area contributed by atoms with Crippen molar-refractivity contribution in [1.82, 2.24) is 4.90 Å². The Kier molecular flexibility index (Phi) is 11.2. The van der Waals surface area contributed by atoms with E-state index in [0.717, 1.165) is 55.4 Å². The van der Waals surface area contributed by atoms with Crippen LogP contribution in [0.4, 0.5) is 4.79 Å². The monoisotopic (exact) mass is 446 g/mol. The number of aliphatic hydroxyl groups is 1. The second-order valence-corrected chi connectivity index (χ2v) is 8.71. The van der Waals surface area contributed by atoms with Gasteiger partial charge in [-0.2, -0.15) is 0 Å². The lowest BCUT2D eigenvalue weighted by Gasteiger charge is -2.43. The van der Waals surface area contributed by atoms with E-state index in [-0.39, 0.29) is 29.9 Å². The first-order valence-electron chi connectivity index (χ1n) is 11.9. The summed E-state index contributed by atoms with van der Waals surface area (Å²) < 4.78 is 5.39. The van der Waals surface area contributed by atoms with Gasteiger partial charge in [0.2, 0.25) is 6.04 Å². The number of carbonyl (C=O) groups is 1. The highest BCUT2D eigenvalue weighted by molar-refractivity contribution is 5.68. The maximum atomic E-state index is 12.7. The average Bonchev–Trinajstić information content (AvgIpc) is 2.79. The second-order valence-electron chi connectivity index (χ2n) is 8.71. The molecule has 1 N–H and O–H groups in total. The Bertz CT molecular complexity index is 712. The van der Waals surface area contributed by atoms with E-state index >= 15 is 0 Å². The lowest BCUT2D eigenvalue weighted by molar-refractivity contribution is -0.541. The van der Waals surface area contributed by atoms with Crippen molar-refractivity contribution in [2.45, 2.75) is 83.6 Å². The predicted octanol–water partition coefficient (Wildman–Crippen LogP) is 5.55. The molecule has 0 aliphatic carbocycles. The molecule has 1 heterocycles. The fourth-order valence-corrected chi connectivity index (χ4v) is 4.69. The van der Waals surface area contributed by atoms with E-state index in [1.165, 1.54) is 0 Å². The first-order valence-corrected chi connectivity index (χ1v) is 11.9. The van der Waals surface area contributed by atoms with Gasteiger partial charge in [0.15, 0.2) is 0 Å². The number of nitrogens with zero attached hydrogens (tertiary/aromatic N) is 2. The molecule has 1 saturated heterocycles. The number of piperidine rings is 1. The third kappa shape index (κ3) is 7.62. The van der Waals surface area contributed by atoms with Gasteiger partial charge < -0.3 is 9.84 Å². The van der Waals surface area contributed by atoms with Crippen LogP contribution in [0.5, 0.6) is 0 Å². The topological polar surface area (TPSA) is 92.9 Å². The fourth-order valence-electron chi connectivity index (χ4n) is 4.69. The van der Waals surface area contributed by atoms with Crippen LogP contribution in [0, 0.1) is 22.0 Å².